The highest BCUT2D eigenvalue weighted by atomic mass is 35.5. The first kappa shape index (κ1) is 16.2. The molecule has 0 saturated heterocycles. The number of hydrogen-bond acceptors (Lipinski definition) is 4. The summed E-state index contributed by atoms with van der Waals surface area (Å²) in [6.07, 6.45) is 0. The number of halogens is 1. The van der Waals surface area contributed by atoms with E-state index in [2.05, 4.69) is 67.2 Å². The quantitative estimate of drug-likeness (QED) is 0.600. The fraction of sp³-hybridized carbons (Fsp3) is 0.333. The van der Waals surface area contributed by atoms with Crippen LogP contribution in [0.2, 0.25) is 5.28 Å². The number of aromatic nitrogens is 2. The highest BCUT2D eigenvalue weighted by Crippen LogP contribution is 2.41. The van der Waals surface area contributed by atoms with Gasteiger partial charge in [-0.25, -0.2) is 9.97 Å². The second-order valence-electron chi connectivity index (χ2n) is 5.86. The number of nitrogens with zero attached hydrogens (tertiary/aromatic N) is 2. The molecule has 0 fully saturated rings. The SMILES string of the molecule is CCNc1nc(Cl)nc2sc(C)c(-c3ccc(C(C)C)cc3)c12. The molecule has 5 heteroatoms. The van der Waals surface area contributed by atoms with Gasteiger partial charge in [-0.05, 0) is 42.5 Å². The van der Waals surface area contributed by atoms with E-state index in [1.807, 2.05) is 0 Å². The molecule has 3 rings (SSSR count). The minimum Gasteiger partial charge on any atom is -0.370 e. The Bertz CT molecular complexity index is 838. The van der Waals surface area contributed by atoms with Crippen LogP contribution in [0.15, 0.2) is 24.3 Å². The molecule has 1 aromatic carbocycles. The lowest BCUT2D eigenvalue weighted by molar-refractivity contribution is 0.867. The molecule has 0 amide bonds. The van der Waals surface area contributed by atoms with E-state index in [1.54, 1.807) is 11.3 Å². The van der Waals surface area contributed by atoms with Crippen molar-refractivity contribution in [3.8, 4) is 11.1 Å². The molecule has 0 aliphatic heterocycles. The van der Waals surface area contributed by atoms with Gasteiger partial charge in [-0.15, -0.1) is 11.3 Å². The van der Waals surface area contributed by atoms with E-state index in [0.29, 0.717) is 5.92 Å². The number of benzene rings is 1. The largest absolute Gasteiger partial charge is 0.370 e. The van der Waals surface area contributed by atoms with Crippen molar-refractivity contribution in [3.63, 3.8) is 0 Å². The number of thiophene rings is 1. The Morgan fingerprint density at radius 3 is 2.48 bits per heavy atom. The van der Waals surface area contributed by atoms with Crippen molar-refractivity contribution in [3.05, 3.63) is 40.0 Å². The number of anilines is 1. The highest BCUT2D eigenvalue weighted by Gasteiger charge is 2.18. The topological polar surface area (TPSA) is 37.8 Å². The average molecular weight is 346 g/mol. The molecule has 2 heterocycles. The lowest BCUT2D eigenvalue weighted by atomic mass is 9.98. The van der Waals surface area contributed by atoms with Gasteiger partial charge in [0.05, 0.1) is 5.39 Å². The monoisotopic (exact) mass is 345 g/mol. The summed E-state index contributed by atoms with van der Waals surface area (Å²) in [5.41, 5.74) is 3.74. The molecule has 0 aliphatic carbocycles. The summed E-state index contributed by atoms with van der Waals surface area (Å²) in [6.45, 7) is 9.39. The van der Waals surface area contributed by atoms with Gasteiger partial charge < -0.3 is 5.32 Å². The van der Waals surface area contributed by atoms with E-state index in [0.717, 1.165) is 22.6 Å². The van der Waals surface area contributed by atoms with Crippen LogP contribution in [0.3, 0.4) is 0 Å². The van der Waals surface area contributed by atoms with Crippen LogP contribution in [0.4, 0.5) is 5.82 Å². The number of hydrogen-bond donors (Lipinski definition) is 1. The van der Waals surface area contributed by atoms with E-state index in [-0.39, 0.29) is 5.28 Å². The Balaban J connectivity index is 2.22. The van der Waals surface area contributed by atoms with Gasteiger partial charge in [0, 0.05) is 17.0 Å². The predicted molar refractivity (Wildman–Crippen MR) is 101 cm³/mol. The minimum absolute atomic E-state index is 0.288. The summed E-state index contributed by atoms with van der Waals surface area (Å²) in [5.74, 6) is 1.35. The molecule has 1 N–H and O–H groups in total. The van der Waals surface area contributed by atoms with Gasteiger partial charge in [0.15, 0.2) is 0 Å². The molecule has 3 aromatic rings. The predicted octanol–water partition coefficient (Wildman–Crippen LogP) is 5.88. The van der Waals surface area contributed by atoms with E-state index in [9.17, 15) is 0 Å². The molecular formula is C18H20ClN3S. The summed E-state index contributed by atoms with van der Waals surface area (Å²) in [4.78, 5) is 11.0. The second kappa shape index (κ2) is 6.46. The molecule has 0 unspecified atom stereocenters. The summed E-state index contributed by atoms with van der Waals surface area (Å²) in [5, 5.41) is 4.67. The highest BCUT2D eigenvalue weighted by molar-refractivity contribution is 7.19. The molecule has 0 bridgehead atoms. The van der Waals surface area contributed by atoms with Gasteiger partial charge in [0.25, 0.3) is 0 Å². The molecule has 120 valence electrons. The number of rotatable bonds is 4. The third kappa shape index (κ3) is 3.06. The van der Waals surface area contributed by atoms with Crippen LogP contribution in [0.1, 0.15) is 37.1 Å². The summed E-state index contributed by atoms with van der Waals surface area (Å²) >= 11 is 7.73. The molecule has 23 heavy (non-hydrogen) atoms. The van der Waals surface area contributed by atoms with E-state index < -0.39 is 0 Å². The maximum Gasteiger partial charge on any atom is 0.225 e. The second-order valence-corrected chi connectivity index (χ2v) is 7.40. The van der Waals surface area contributed by atoms with Crippen molar-refractivity contribution in [1.29, 1.82) is 0 Å². The van der Waals surface area contributed by atoms with Crippen LogP contribution in [0, 0.1) is 6.92 Å². The van der Waals surface area contributed by atoms with Crippen molar-refractivity contribution >= 4 is 39.0 Å². The molecule has 0 atom stereocenters. The molecule has 0 radical (unpaired) electrons. The summed E-state index contributed by atoms with van der Waals surface area (Å²) < 4.78 is 0. The van der Waals surface area contributed by atoms with Gasteiger partial charge in [-0.1, -0.05) is 38.1 Å². The molecule has 0 spiro atoms. The zero-order valence-electron chi connectivity index (χ0n) is 13.8. The van der Waals surface area contributed by atoms with Gasteiger partial charge in [-0.3, -0.25) is 0 Å². The first-order valence-corrected chi connectivity index (χ1v) is 9.01. The van der Waals surface area contributed by atoms with Gasteiger partial charge in [0.1, 0.15) is 10.6 Å². The fourth-order valence-electron chi connectivity index (χ4n) is 2.76. The summed E-state index contributed by atoms with van der Waals surface area (Å²) in [6, 6.07) is 8.78. The summed E-state index contributed by atoms with van der Waals surface area (Å²) in [7, 11) is 0. The number of aryl methyl sites for hydroxylation is 1. The maximum absolute atomic E-state index is 6.07. The Morgan fingerprint density at radius 1 is 1.17 bits per heavy atom. The molecule has 3 nitrogen and oxygen atoms in total. The average Bonchev–Trinajstić information content (AvgIpc) is 2.83. The van der Waals surface area contributed by atoms with Crippen molar-refractivity contribution in [2.24, 2.45) is 0 Å². The third-order valence-corrected chi connectivity index (χ3v) is 5.08. The van der Waals surface area contributed by atoms with Crippen LogP contribution in [0.25, 0.3) is 21.3 Å². The minimum atomic E-state index is 0.288. The molecule has 0 saturated carbocycles. The third-order valence-electron chi connectivity index (χ3n) is 3.91. The van der Waals surface area contributed by atoms with Gasteiger partial charge in [0.2, 0.25) is 5.28 Å². The zero-order valence-corrected chi connectivity index (χ0v) is 15.3. The van der Waals surface area contributed by atoms with Crippen LogP contribution in [-0.2, 0) is 0 Å². The number of fused-ring (bicyclic) bond motifs is 1. The number of nitrogens with one attached hydrogen (secondary N) is 1. The lowest BCUT2D eigenvalue weighted by Gasteiger charge is -2.10. The van der Waals surface area contributed by atoms with E-state index in [1.165, 1.54) is 21.6 Å². The smallest absolute Gasteiger partial charge is 0.225 e. The van der Waals surface area contributed by atoms with Crippen LogP contribution in [0.5, 0.6) is 0 Å². The Kier molecular flexibility index (Phi) is 4.55. The normalized spacial score (nSPS) is 11.4. The van der Waals surface area contributed by atoms with Crippen LogP contribution < -0.4 is 5.32 Å². The Morgan fingerprint density at radius 2 is 1.87 bits per heavy atom. The standard InChI is InChI=1S/C18H20ClN3S/c1-5-20-16-15-14(11(4)23-17(15)22-18(19)21-16)13-8-6-12(7-9-13)10(2)3/h6-10H,5H2,1-4H3,(H,20,21,22). The van der Waals surface area contributed by atoms with Crippen LogP contribution in [-0.4, -0.2) is 16.5 Å². The first-order valence-electron chi connectivity index (χ1n) is 7.82. The lowest BCUT2D eigenvalue weighted by Crippen LogP contribution is -2.01. The van der Waals surface area contributed by atoms with Crippen molar-refractivity contribution in [2.75, 3.05) is 11.9 Å². The van der Waals surface area contributed by atoms with Gasteiger partial charge in [-0.2, -0.15) is 0 Å². The van der Waals surface area contributed by atoms with Crippen molar-refractivity contribution in [1.82, 2.24) is 9.97 Å². The zero-order chi connectivity index (χ0) is 16.6. The Hall–Kier alpha value is -1.65. The maximum atomic E-state index is 6.07. The first-order chi connectivity index (χ1) is 11.0. The molecular weight excluding hydrogens is 326 g/mol. The van der Waals surface area contributed by atoms with Crippen molar-refractivity contribution < 1.29 is 0 Å². The van der Waals surface area contributed by atoms with E-state index >= 15 is 0 Å². The van der Waals surface area contributed by atoms with Gasteiger partial charge >= 0.3 is 0 Å². The van der Waals surface area contributed by atoms with Crippen LogP contribution >= 0.6 is 22.9 Å². The Labute approximate surface area is 145 Å². The van der Waals surface area contributed by atoms with Crippen molar-refractivity contribution in [2.45, 2.75) is 33.6 Å². The molecule has 0 aliphatic rings. The molecule has 2 aromatic heterocycles. The fourth-order valence-corrected chi connectivity index (χ4v) is 4.03. The van der Waals surface area contributed by atoms with E-state index in [4.69, 9.17) is 11.6 Å².